The number of aliphatic hydroxyl groups is 9. The van der Waals surface area contributed by atoms with E-state index in [0.29, 0.717) is 12.8 Å². The maximum absolute atomic E-state index is 13.5. The molecule has 0 aromatic heterocycles. The number of carbonyl (C=O) groups is 6. The summed E-state index contributed by atoms with van der Waals surface area (Å²) in [7, 11) is 0. The summed E-state index contributed by atoms with van der Waals surface area (Å²) in [4.78, 5) is 81.7. The van der Waals surface area contributed by atoms with Gasteiger partial charge in [-0.05, 0) is 136 Å². The second-order valence-electron chi connectivity index (χ2n) is 12.4. The molecule has 0 saturated heterocycles. The van der Waals surface area contributed by atoms with E-state index in [-0.39, 0.29) is 81.2 Å². The molecule has 0 bridgehead atoms. The minimum absolute atomic E-state index is 0.0319. The molecule has 2 aromatic rings. The number of aliphatic hydroxyl groups excluding tert-OH is 9. The van der Waals surface area contributed by atoms with Crippen LogP contribution >= 0.6 is 136 Å². The average Bonchev–Trinajstić information content (AvgIpc) is 3.21. The molecule has 4 atom stereocenters. The molecule has 0 aliphatic heterocycles. The molecule has 0 heterocycles. The maximum Gasteiger partial charge on any atom is 0.253 e. The van der Waals surface area contributed by atoms with Gasteiger partial charge in [-0.15, -0.1) is 0 Å². The van der Waals surface area contributed by atoms with Crippen LogP contribution in [0, 0.1) is 21.4 Å². The van der Waals surface area contributed by atoms with Crippen LogP contribution in [0.15, 0.2) is 0 Å². The fourth-order valence-corrected chi connectivity index (χ4v) is 14.5. The molecular formula is C33H40I6N6O15. The Bertz CT molecular complexity index is 1660. The Morgan fingerprint density at radius 3 is 0.833 bits per heavy atom. The van der Waals surface area contributed by atoms with E-state index in [1.54, 1.807) is 136 Å². The first-order chi connectivity index (χ1) is 28.3. The van der Waals surface area contributed by atoms with Gasteiger partial charge in [-0.1, -0.05) is 0 Å². The predicted molar refractivity (Wildman–Crippen MR) is 264 cm³/mol. The third kappa shape index (κ3) is 14.7. The number of halogens is 6. The zero-order valence-electron chi connectivity index (χ0n) is 30.7. The zero-order valence-corrected chi connectivity index (χ0v) is 43.7. The molecule has 13 N–H and O–H groups in total. The summed E-state index contributed by atoms with van der Waals surface area (Å²) in [5, 5.41) is 97.7. The monoisotopic (exact) mass is 1520 g/mol. The van der Waals surface area contributed by atoms with Gasteiger partial charge in [-0.3, -0.25) is 28.8 Å². The lowest BCUT2D eigenvalue weighted by atomic mass is 10.1. The lowest BCUT2D eigenvalue weighted by Gasteiger charge is -2.30. The van der Waals surface area contributed by atoms with Gasteiger partial charge in [0.1, 0.15) is 0 Å². The van der Waals surface area contributed by atoms with Gasteiger partial charge in [0.2, 0.25) is 12.8 Å². The summed E-state index contributed by atoms with van der Waals surface area (Å²) >= 11 is 10.5. The zero-order chi connectivity index (χ0) is 45.6. The molecule has 0 spiro atoms. The van der Waals surface area contributed by atoms with Crippen molar-refractivity contribution in [1.29, 1.82) is 0 Å². The smallest absolute Gasteiger partial charge is 0.253 e. The van der Waals surface area contributed by atoms with Gasteiger partial charge < -0.3 is 77.0 Å². The van der Waals surface area contributed by atoms with E-state index < -0.39 is 93.7 Å². The Hall–Kier alpha value is -0.720. The third-order valence-corrected chi connectivity index (χ3v) is 14.3. The summed E-state index contributed by atoms with van der Waals surface area (Å²) in [6, 6.07) is 0. The third-order valence-electron chi connectivity index (χ3n) is 7.98. The number of rotatable bonds is 24. The van der Waals surface area contributed by atoms with Gasteiger partial charge in [-0.2, -0.15) is 0 Å². The van der Waals surface area contributed by atoms with Crippen LogP contribution in [0.5, 0.6) is 0 Å². The van der Waals surface area contributed by atoms with E-state index in [9.17, 15) is 74.7 Å². The van der Waals surface area contributed by atoms with Crippen LogP contribution in [-0.2, 0) is 9.59 Å². The standard InChI is InChI=1S/C33H40I6N6O15/c34-22-18(30(57)40-1-13(52)7-46)24(36)28(25(37)19(22)31(58)41-2-14(53)8-47)44(11-50)5-17(56)6-45(12-51)29-26(38)20(32(59)42-3-15(54)9-48)23(35)21(27(29)39)33(60)43-4-16(55)10-49/h11-17,46-49,52-56H,1-10H2,(H,40,57)(H,41,58)(H,42,59)(H,43,60). The average molecular weight is 1520 g/mol. The second kappa shape index (κ2) is 26.9. The van der Waals surface area contributed by atoms with Crippen LogP contribution in [0.1, 0.15) is 41.4 Å². The molecule has 0 aliphatic carbocycles. The number of nitrogens with zero attached hydrogens (tertiary/aromatic N) is 2. The van der Waals surface area contributed by atoms with Crippen LogP contribution in [0.3, 0.4) is 0 Å². The highest BCUT2D eigenvalue weighted by Crippen LogP contribution is 2.39. The van der Waals surface area contributed by atoms with Crippen molar-refractivity contribution in [3.8, 4) is 0 Å². The van der Waals surface area contributed by atoms with E-state index >= 15 is 0 Å². The van der Waals surface area contributed by atoms with Crippen LogP contribution in [0.2, 0.25) is 0 Å². The lowest BCUT2D eigenvalue weighted by molar-refractivity contribution is -0.108. The molecule has 2 rings (SSSR count). The molecule has 27 heteroatoms. The number of amides is 6. The van der Waals surface area contributed by atoms with Crippen molar-refractivity contribution >= 4 is 183 Å². The molecule has 6 amide bonds. The quantitative estimate of drug-likeness (QED) is 0.0386. The largest absolute Gasteiger partial charge is 0.394 e. The number of anilines is 2. The van der Waals surface area contributed by atoms with Crippen molar-refractivity contribution in [2.75, 3.05) is 75.5 Å². The number of carbonyl (C=O) groups excluding carboxylic acids is 6. The minimum atomic E-state index is -1.61. The maximum atomic E-state index is 13.5. The normalized spacial score (nSPS) is 13.7. The Kier molecular flexibility index (Phi) is 24.9. The Morgan fingerprint density at radius 2 is 0.650 bits per heavy atom. The fourth-order valence-electron chi connectivity index (χ4n) is 4.94. The molecule has 0 saturated carbocycles. The van der Waals surface area contributed by atoms with E-state index in [1.807, 2.05) is 0 Å². The van der Waals surface area contributed by atoms with Crippen molar-refractivity contribution in [2.45, 2.75) is 30.5 Å². The van der Waals surface area contributed by atoms with Crippen molar-refractivity contribution in [1.82, 2.24) is 21.3 Å². The Labute approximate surface area is 424 Å². The van der Waals surface area contributed by atoms with Crippen molar-refractivity contribution < 1.29 is 74.7 Å². The summed E-state index contributed by atoms with van der Waals surface area (Å²) in [6.07, 6.45) is -6.31. The van der Waals surface area contributed by atoms with Crippen LogP contribution in [0.25, 0.3) is 0 Å². The molecule has 0 radical (unpaired) electrons. The van der Waals surface area contributed by atoms with Crippen molar-refractivity contribution in [3.63, 3.8) is 0 Å². The second-order valence-corrected chi connectivity index (χ2v) is 18.9. The van der Waals surface area contributed by atoms with Gasteiger partial charge in [-0.25, -0.2) is 0 Å². The van der Waals surface area contributed by atoms with Crippen molar-refractivity contribution in [2.24, 2.45) is 0 Å². The topological polar surface area (TPSA) is 339 Å². The van der Waals surface area contributed by atoms with E-state index in [4.69, 9.17) is 0 Å². The number of nitrogens with one attached hydrogen (secondary N) is 4. The van der Waals surface area contributed by atoms with E-state index in [2.05, 4.69) is 21.3 Å². The summed E-state index contributed by atoms with van der Waals surface area (Å²) in [6.45, 7) is -5.39. The molecule has 4 unspecified atom stereocenters. The highest BCUT2D eigenvalue weighted by molar-refractivity contribution is 14.1. The van der Waals surface area contributed by atoms with Gasteiger partial charge >= 0.3 is 0 Å². The number of benzene rings is 2. The highest BCUT2D eigenvalue weighted by Gasteiger charge is 2.34. The Balaban J connectivity index is 2.74. The highest BCUT2D eigenvalue weighted by atomic mass is 127. The van der Waals surface area contributed by atoms with Gasteiger partial charge in [0.05, 0.1) is 118 Å². The molecule has 60 heavy (non-hydrogen) atoms. The SMILES string of the molecule is O=CN(CC(O)CN(C=O)c1c(I)c(C(=O)NCC(O)CO)c(I)c(C(=O)NCC(O)CO)c1I)c1c(I)c(C(=O)NCC(O)CO)c(I)c(C(=O)NCC(O)CO)c1I. The number of hydrogen-bond donors (Lipinski definition) is 13. The first-order valence-electron chi connectivity index (χ1n) is 17.1. The number of hydrogen-bond acceptors (Lipinski definition) is 15. The molecule has 334 valence electrons. The molecule has 2 aromatic carbocycles. The minimum Gasteiger partial charge on any atom is -0.394 e. The molecule has 21 nitrogen and oxygen atoms in total. The van der Waals surface area contributed by atoms with E-state index in [1.165, 1.54) is 0 Å². The summed E-state index contributed by atoms with van der Waals surface area (Å²) in [5.41, 5.74) is -0.571. The van der Waals surface area contributed by atoms with Gasteiger partial charge in [0.15, 0.2) is 0 Å². The van der Waals surface area contributed by atoms with Crippen LogP contribution in [-0.4, -0.2) is 179 Å². The summed E-state index contributed by atoms with van der Waals surface area (Å²) in [5.74, 6) is -3.24. The van der Waals surface area contributed by atoms with Crippen LogP contribution < -0.4 is 31.1 Å². The van der Waals surface area contributed by atoms with Gasteiger partial charge in [0, 0.05) is 33.3 Å². The molecular weight excluding hydrogens is 1480 g/mol. The van der Waals surface area contributed by atoms with Crippen LogP contribution in [0.4, 0.5) is 11.4 Å². The van der Waals surface area contributed by atoms with Crippen molar-refractivity contribution in [3.05, 3.63) is 43.7 Å². The molecule has 0 aliphatic rings. The Morgan fingerprint density at radius 1 is 0.433 bits per heavy atom. The lowest BCUT2D eigenvalue weighted by Crippen LogP contribution is -2.42. The first kappa shape index (κ1) is 55.4. The predicted octanol–water partition coefficient (Wildman–Crippen LogP) is -2.37. The molecule has 0 fully saturated rings. The first-order valence-corrected chi connectivity index (χ1v) is 23.5. The van der Waals surface area contributed by atoms with E-state index in [0.717, 1.165) is 9.80 Å². The summed E-state index contributed by atoms with van der Waals surface area (Å²) < 4.78 is 0.635. The van der Waals surface area contributed by atoms with Gasteiger partial charge in [0.25, 0.3) is 23.6 Å². The fraction of sp³-hybridized carbons (Fsp3) is 0.455.